The molecule has 4 nitrogen and oxygen atoms in total. The molecule has 19 heavy (non-hydrogen) atoms. The van der Waals surface area contributed by atoms with Crippen LogP contribution >= 0.6 is 11.6 Å². The van der Waals surface area contributed by atoms with Gasteiger partial charge in [0, 0.05) is 12.4 Å². The normalized spacial score (nSPS) is 11.1. The van der Waals surface area contributed by atoms with Gasteiger partial charge < -0.3 is 14.7 Å². The molecule has 3 rings (SSSR count). The number of para-hydroxylation sites is 1. The minimum atomic E-state index is -0.969. The molecule has 2 heterocycles. The molecule has 0 amide bonds. The number of fused-ring (bicyclic) bond motifs is 1. The molecule has 96 valence electrons. The third-order valence-corrected chi connectivity index (χ3v) is 3.50. The van der Waals surface area contributed by atoms with Crippen molar-refractivity contribution in [2.75, 3.05) is 0 Å². The van der Waals surface area contributed by atoms with E-state index in [0.717, 1.165) is 22.3 Å². The number of aromatic carboxylic acids is 1. The fourth-order valence-corrected chi connectivity index (χ4v) is 2.60. The first kappa shape index (κ1) is 11.9. The molecule has 0 fully saturated rings. The number of aromatic nitrogens is 2. The number of hydrogen-bond donors (Lipinski definition) is 2. The van der Waals surface area contributed by atoms with Crippen LogP contribution in [0.3, 0.4) is 0 Å². The zero-order valence-corrected chi connectivity index (χ0v) is 10.9. The average Bonchev–Trinajstić information content (AvgIpc) is 2.95. The Kier molecular flexibility index (Phi) is 2.61. The van der Waals surface area contributed by atoms with Crippen LogP contribution in [0.1, 0.15) is 10.5 Å². The molecule has 2 aromatic heterocycles. The monoisotopic (exact) mass is 274 g/mol. The summed E-state index contributed by atoms with van der Waals surface area (Å²) >= 11 is 6.19. The smallest absolute Gasteiger partial charge is 0.352 e. The summed E-state index contributed by atoms with van der Waals surface area (Å²) in [5.74, 6) is -0.969. The second-order valence-corrected chi connectivity index (χ2v) is 4.76. The largest absolute Gasteiger partial charge is 0.477 e. The lowest BCUT2D eigenvalue weighted by atomic mass is 10.2. The van der Waals surface area contributed by atoms with Crippen LogP contribution in [0, 0.1) is 0 Å². The highest BCUT2D eigenvalue weighted by molar-refractivity contribution is 6.35. The number of benzene rings is 1. The summed E-state index contributed by atoms with van der Waals surface area (Å²) in [5.41, 5.74) is 2.76. The molecule has 0 bridgehead atoms. The molecule has 0 atom stereocenters. The Morgan fingerprint density at radius 2 is 2.11 bits per heavy atom. The average molecular weight is 275 g/mol. The lowest BCUT2D eigenvalue weighted by molar-refractivity contribution is 0.0691. The zero-order chi connectivity index (χ0) is 13.6. The van der Waals surface area contributed by atoms with Crippen molar-refractivity contribution in [2.24, 2.45) is 7.05 Å². The van der Waals surface area contributed by atoms with Gasteiger partial charge in [0.25, 0.3) is 0 Å². The van der Waals surface area contributed by atoms with E-state index in [2.05, 4.69) is 4.98 Å². The van der Waals surface area contributed by atoms with E-state index >= 15 is 0 Å². The number of carboxylic acid groups (broad SMARTS) is 1. The molecule has 0 aliphatic carbocycles. The van der Waals surface area contributed by atoms with Crippen LogP contribution in [0.2, 0.25) is 5.02 Å². The van der Waals surface area contributed by atoms with Crippen molar-refractivity contribution in [1.82, 2.24) is 9.55 Å². The second kappa shape index (κ2) is 4.17. The number of aromatic amines is 1. The number of hydrogen-bond acceptors (Lipinski definition) is 1. The van der Waals surface area contributed by atoms with Crippen LogP contribution in [-0.2, 0) is 7.05 Å². The van der Waals surface area contributed by atoms with Crippen molar-refractivity contribution in [2.45, 2.75) is 0 Å². The van der Waals surface area contributed by atoms with Crippen molar-refractivity contribution in [3.63, 3.8) is 0 Å². The maximum absolute atomic E-state index is 10.9. The SMILES string of the molecule is Cn1c(-c2ccc(C(=O)O)[nH]2)cc2cccc(Cl)c21. The molecule has 0 radical (unpaired) electrons. The van der Waals surface area contributed by atoms with Gasteiger partial charge in [0.05, 0.1) is 21.9 Å². The number of nitrogens with one attached hydrogen (secondary N) is 1. The first-order chi connectivity index (χ1) is 9.08. The number of rotatable bonds is 2. The van der Waals surface area contributed by atoms with Gasteiger partial charge in [-0.25, -0.2) is 4.79 Å². The summed E-state index contributed by atoms with van der Waals surface area (Å²) in [6.07, 6.45) is 0. The molecule has 1 aromatic carbocycles. The van der Waals surface area contributed by atoms with E-state index in [4.69, 9.17) is 16.7 Å². The highest BCUT2D eigenvalue weighted by atomic mass is 35.5. The quantitative estimate of drug-likeness (QED) is 0.751. The molecule has 0 saturated heterocycles. The van der Waals surface area contributed by atoms with E-state index in [0.29, 0.717) is 5.02 Å². The molecule has 2 N–H and O–H groups in total. The van der Waals surface area contributed by atoms with E-state index in [-0.39, 0.29) is 5.69 Å². The second-order valence-electron chi connectivity index (χ2n) is 4.36. The Bertz CT molecular complexity index is 786. The van der Waals surface area contributed by atoms with E-state index in [9.17, 15) is 4.79 Å². The van der Waals surface area contributed by atoms with Gasteiger partial charge in [0.15, 0.2) is 0 Å². The van der Waals surface area contributed by atoms with Gasteiger partial charge >= 0.3 is 5.97 Å². The summed E-state index contributed by atoms with van der Waals surface area (Å²) in [7, 11) is 1.91. The highest BCUT2D eigenvalue weighted by Gasteiger charge is 2.13. The molecular formula is C14H11ClN2O2. The van der Waals surface area contributed by atoms with Crippen LogP contribution in [0.5, 0.6) is 0 Å². The third kappa shape index (κ3) is 1.81. The third-order valence-electron chi connectivity index (χ3n) is 3.20. The molecule has 0 aliphatic heterocycles. The van der Waals surface area contributed by atoms with Crippen molar-refractivity contribution >= 4 is 28.5 Å². The van der Waals surface area contributed by atoms with Gasteiger partial charge in [-0.2, -0.15) is 0 Å². The Morgan fingerprint density at radius 3 is 2.74 bits per heavy atom. The Balaban J connectivity index is 2.22. The van der Waals surface area contributed by atoms with Crippen LogP contribution in [0.15, 0.2) is 36.4 Å². The molecule has 3 aromatic rings. The fourth-order valence-electron chi connectivity index (χ4n) is 2.29. The van der Waals surface area contributed by atoms with Gasteiger partial charge in [-0.3, -0.25) is 0 Å². The summed E-state index contributed by atoms with van der Waals surface area (Å²) in [6, 6.07) is 11.0. The molecule has 5 heteroatoms. The first-order valence-electron chi connectivity index (χ1n) is 5.74. The summed E-state index contributed by atoms with van der Waals surface area (Å²) in [6.45, 7) is 0. The predicted molar refractivity (Wildman–Crippen MR) is 74.7 cm³/mol. The van der Waals surface area contributed by atoms with Crippen LogP contribution in [-0.4, -0.2) is 20.6 Å². The van der Waals surface area contributed by atoms with Gasteiger partial charge in [0.1, 0.15) is 5.69 Å². The van der Waals surface area contributed by atoms with Crippen LogP contribution < -0.4 is 0 Å². The minimum Gasteiger partial charge on any atom is -0.477 e. The van der Waals surface area contributed by atoms with Crippen molar-refractivity contribution in [3.8, 4) is 11.4 Å². The molecule has 0 aliphatic rings. The number of aryl methyl sites for hydroxylation is 1. The van der Waals surface area contributed by atoms with Gasteiger partial charge in [-0.1, -0.05) is 23.7 Å². The summed E-state index contributed by atoms with van der Waals surface area (Å²) in [5, 5.41) is 10.6. The maximum atomic E-state index is 10.9. The van der Waals surface area contributed by atoms with Crippen molar-refractivity contribution in [3.05, 3.63) is 47.1 Å². The number of nitrogens with zero attached hydrogens (tertiary/aromatic N) is 1. The minimum absolute atomic E-state index is 0.173. The van der Waals surface area contributed by atoms with Gasteiger partial charge in [0.2, 0.25) is 0 Å². The molecular weight excluding hydrogens is 264 g/mol. The number of H-pyrrole nitrogens is 1. The Morgan fingerprint density at radius 1 is 1.32 bits per heavy atom. The van der Waals surface area contributed by atoms with Gasteiger partial charge in [-0.15, -0.1) is 0 Å². The zero-order valence-electron chi connectivity index (χ0n) is 10.1. The molecule has 0 spiro atoms. The lowest BCUT2D eigenvalue weighted by Gasteiger charge is -2.03. The van der Waals surface area contributed by atoms with E-state index in [1.807, 2.05) is 35.9 Å². The Labute approximate surface area is 114 Å². The van der Waals surface area contributed by atoms with Crippen molar-refractivity contribution < 1.29 is 9.90 Å². The standard InChI is InChI=1S/C14H11ClN2O2/c1-17-12(10-5-6-11(16-10)14(18)19)7-8-3-2-4-9(15)13(8)17/h2-7,16H,1H3,(H,18,19). The number of carboxylic acids is 1. The highest BCUT2D eigenvalue weighted by Crippen LogP contribution is 2.30. The number of carbonyl (C=O) groups is 1. The summed E-state index contributed by atoms with van der Waals surface area (Å²) < 4.78 is 1.95. The number of halogens is 1. The topological polar surface area (TPSA) is 58.0 Å². The lowest BCUT2D eigenvalue weighted by Crippen LogP contribution is -1.97. The van der Waals surface area contributed by atoms with Crippen LogP contribution in [0.4, 0.5) is 0 Å². The maximum Gasteiger partial charge on any atom is 0.352 e. The fraction of sp³-hybridized carbons (Fsp3) is 0.0714. The van der Waals surface area contributed by atoms with Crippen molar-refractivity contribution in [1.29, 1.82) is 0 Å². The van der Waals surface area contributed by atoms with E-state index in [1.54, 1.807) is 12.1 Å². The molecule has 0 unspecified atom stereocenters. The summed E-state index contributed by atoms with van der Waals surface area (Å²) in [4.78, 5) is 13.8. The van der Waals surface area contributed by atoms with E-state index in [1.165, 1.54) is 0 Å². The van der Waals surface area contributed by atoms with Crippen LogP contribution in [0.25, 0.3) is 22.3 Å². The molecule has 0 saturated carbocycles. The van der Waals surface area contributed by atoms with E-state index < -0.39 is 5.97 Å². The van der Waals surface area contributed by atoms with Gasteiger partial charge in [-0.05, 0) is 24.3 Å². The Hall–Kier alpha value is -2.20. The first-order valence-corrected chi connectivity index (χ1v) is 6.12. The predicted octanol–water partition coefficient (Wildman–Crippen LogP) is 3.53.